The first-order valence-corrected chi connectivity index (χ1v) is 5.94. The zero-order valence-electron chi connectivity index (χ0n) is 10.1. The van der Waals surface area contributed by atoms with Crippen LogP contribution in [0.4, 0.5) is 22.0 Å². The predicted octanol–water partition coefficient (Wildman–Crippen LogP) is 4.87. The lowest BCUT2D eigenvalue weighted by molar-refractivity contribution is -0.140. The Hall–Kier alpha value is -1.95. The first-order chi connectivity index (χ1) is 9.70. The van der Waals surface area contributed by atoms with E-state index in [0.29, 0.717) is 12.1 Å². The van der Waals surface area contributed by atoms with Gasteiger partial charge in [-0.1, -0.05) is 17.7 Å². The second-order valence-electron chi connectivity index (χ2n) is 4.15. The Labute approximate surface area is 121 Å². The van der Waals surface area contributed by atoms with E-state index in [9.17, 15) is 26.7 Å². The lowest BCUT2D eigenvalue weighted by Gasteiger charge is -2.09. The Morgan fingerprint density at radius 1 is 0.905 bits per heavy atom. The topological polar surface area (TPSA) is 17.1 Å². The molecule has 0 fully saturated rings. The summed E-state index contributed by atoms with van der Waals surface area (Å²) in [5.74, 6) is -3.06. The molecule has 7 heteroatoms. The molecule has 0 bridgehead atoms. The number of halogens is 6. The summed E-state index contributed by atoms with van der Waals surface area (Å²) < 4.78 is 63.6. The SMILES string of the molecule is O=C(c1ccc(C(F)(F)F)c(F)c1)c1ccc(F)c(Cl)c1. The number of ketones is 1. The van der Waals surface area contributed by atoms with Crippen LogP contribution in [-0.2, 0) is 6.18 Å². The van der Waals surface area contributed by atoms with Crippen LogP contribution in [0.5, 0.6) is 0 Å². The van der Waals surface area contributed by atoms with Crippen LogP contribution in [0, 0.1) is 11.6 Å². The molecular weight excluding hydrogens is 315 g/mol. The Morgan fingerprint density at radius 2 is 1.48 bits per heavy atom. The van der Waals surface area contributed by atoms with Crippen molar-refractivity contribution in [3.63, 3.8) is 0 Å². The quantitative estimate of drug-likeness (QED) is 0.570. The summed E-state index contributed by atoms with van der Waals surface area (Å²) in [5, 5.41) is -0.312. The van der Waals surface area contributed by atoms with Gasteiger partial charge in [-0.3, -0.25) is 4.79 Å². The van der Waals surface area contributed by atoms with Gasteiger partial charge in [0.2, 0.25) is 0 Å². The molecule has 21 heavy (non-hydrogen) atoms. The summed E-state index contributed by atoms with van der Waals surface area (Å²) in [7, 11) is 0. The molecule has 2 rings (SSSR count). The number of hydrogen-bond donors (Lipinski definition) is 0. The molecule has 0 atom stereocenters. The largest absolute Gasteiger partial charge is 0.419 e. The minimum atomic E-state index is -4.84. The van der Waals surface area contributed by atoms with Crippen molar-refractivity contribution < 1.29 is 26.7 Å². The number of benzene rings is 2. The van der Waals surface area contributed by atoms with Crippen LogP contribution in [-0.4, -0.2) is 5.78 Å². The number of rotatable bonds is 2. The summed E-state index contributed by atoms with van der Waals surface area (Å²) in [6.07, 6.45) is -4.84. The van der Waals surface area contributed by atoms with Gasteiger partial charge in [-0.25, -0.2) is 8.78 Å². The third kappa shape index (κ3) is 3.21. The van der Waals surface area contributed by atoms with Crippen molar-refractivity contribution in [2.45, 2.75) is 6.18 Å². The molecule has 0 saturated heterocycles. The highest BCUT2D eigenvalue weighted by Crippen LogP contribution is 2.32. The van der Waals surface area contributed by atoms with E-state index in [1.807, 2.05) is 0 Å². The predicted molar refractivity (Wildman–Crippen MR) is 66.2 cm³/mol. The number of carbonyl (C=O) groups is 1. The molecule has 0 heterocycles. The smallest absolute Gasteiger partial charge is 0.289 e. The molecule has 2 aromatic rings. The number of hydrogen-bond acceptors (Lipinski definition) is 1. The van der Waals surface area contributed by atoms with Crippen molar-refractivity contribution in [1.82, 2.24) is 0 Å². The molecule has 110 valence electrons. The molecular formula is C14H6ClF5O. The molecule has 0 radical (unpaired) electrons. The van der Waals surface area contributed by atoms with Crippen molar-refractivity contribution in [2.24, 2.45) is 0 Å². The Bertz CT molecular complexity index is 709. The summed E-state index contributed by atoms with van der Waals surface area (Å²) in [4.78, 5) is 12.0. The van der Waals surface area contributed by atoms with Crippen LogP contribution in [0.1, 0.15) is 21.5 Å². The lowest BCUT2D eigenvalue weighted by Crippen LogP contribution is -2.10. The molecule has 2 aromatic carbocycles. The Morgan fingerprint density at radius 3 is 2.00 bits per heavy atom. The van der Waals surface area contributed by atoms with Crippen LogP contribution in [0.25, 0.3) is 0 Å². The first-order valence-electron chi connectivity index (χ1n) is 5.56. The average molecular weight is 321 g/mol. The van der Waals surface area contributed by atoms with Crippen molar-refractivity contribution in [2.75, 3.05) is 0 Å². The number of alkyl halides is 3. The maximum absolute atomic E-state index is 13.4. The zero-order valence-corrected chi connectivity index (χ0v) is 10.9. The number of carbonyl (C=O) groups excluding carboxylic acids is 1. The van der Waals surface area contributed by atoms with Gasteiger partial charge in [0.05, 0.1) is 10.6 Å². The Kier molecular flexibility index (Phi) is 4.00. The van der Waals surface area contributed by atoms with Crippen LogP contribution in [0.2, 0.25) is 5.02 Å². The minimum absolute atomic E-state index is 0.0550. The van der Waals surface area contributed by atoms with Gasteiger partial charge >= 0.3 is 6.18 Å². The minimum Gasteiger partial charge on any atom is -0.289 e. The first kappa shape index (κ1) is 15.4. The van der Waals surface area contributed by atoms with E-state index in [1.54, 1.807) is 0 Å². The summed E-state index contributed by atoms with van der Waals surface area (Å²) in [5.41, 5.74) is -1.81. The van der Waals surface area contributed by atoms with E-state index in [1.165, 1.54) is 0 Å². The van der Waals surface area contributed by atoms with Gasteiger partial charge in [-0.15, -0.1) is 0 Å². The molecule has 0 spiro atoms. The summed E-state index contributed by atoms with van der Waals surface area (Å²) in [6, 6.07) is 4.89. The van der Waals surface area contributed by atoms with Crippen molar-refractivity contribution >= 4 is 17.4 Å². The highest BCUT2D eigenvalue weighted by molar-refractivity contribution is 6.31. The fourth-order valence-corrected chi connectivity index (χ4v) is 1.87. The fraction of sp³-hybridized carbons (Fsp3) is 0.0714. The maximum atomic E-state index is 13.4. The van der Waals surface area contributed by atoms with Gasteiger partial charge in [0.25, 0.3) is 0 Å². The van der Waals surface area contributed by atoms with E-state index in [4.69, 9.17) is 11.6 Å². The molecule has 0 aliphatic rings. The highest BCUT2D eigenvalue weighted by Gasteiger charge is 2.34. The monoisotopic (exact) mass is 320 g/mol. The lowest BCUT2D eigenvalue weighted by atomic mass is 10.0. The molecule has 0 aliphatic heterocycles. The van der Waals surface area contributed by atoms with Crippen LogP contribution in [0.15, 0.2) is 36.4 Å². The van der Waals surface area contributed by atoms with Gasteiger partial charge in [0.15, 0.2) is 5.78 Å². The molecule has 0 aliphatic carbocycles. The summed E-state index contributed by atoms with van der Waals surface area (Å²) in [6.45, 7) is 0. The maximum Gasteiger partial charge on any atom is 0.419 e. The highest BCUT2D eigenvalue weighted by atomic mass is 35.5. The van der Waals surface area contributed by atoms with Crippen LogP contribution in [0.3, 0.4) is 0 Å². The van der Waals surface area contributed by atoms with Gasteiger partial charge in [-0.05, 0) is 30.3 Å². The fourth-order valence-electron chi connectivity index (χ4n) is 1.69. The molecule has 0 saturated carbocycles. The molecule has 0 unspecified atom stereocenters. The van der Waals surface area contributed by atoms with E-state index >= 15 is 0 Å². The van der Waals surface area contributed by atoms with Crippen molar-refractivity contribution in [1.29, 1.82) is 0 Å². The van der Waals surface area contributed by atoms with Crippen LogP contribution >= 0.6 is 11.6 Å². The van der Waals surface area contributed by atoms with Crippen molar-refractivity contribution in [3.8, 4) is 0 Å². The molecule has 0 N–H and O–H groups in total. The van der Waals surface area contributed by atoms with Gasteiger partial charge in [-0.2, -0.15) is 13.2 Å². The third-order valence-corrected chi connectivity index (χ3v) is 3.01. The average Bonchev–Trinajstić information content (AvgIpc) is 2.39. The molecule has 0 aromatic heterocycles. The molecule has 1 nitrogen and oxygen atoms in total. The van der Waals surface area contributed by atoms with Gasteiger partial charge in [0.1, 0.15) is 11.6 Å². The second kappa shape index (κ2) is 5.44. The van der Waals surface area contributed by atoms with Crippen molar-refractivity contribution in [3.05, 3.63) is 69.7 Å². The third-order valence-electron chi connectivity index (χ3n) is 2.72. The molecule has 0 amide bonds. The normalized spacial score (nSPS) is 11.5. The van der Waals surface area contributed by atoms with E-state index in [-0.39, 0.29) is 16.1 Å². The second-order valence-corrected chi connectivity index (χ2v) is 4.56. The summed E-state index contributed by atoms with van der Waals surface area (Å²) >= 11 is 5.51. The Balaban J connectivity index is 2.40. The standard InChI is InChI=1S/C14H6ClF5O/c15-10-5-7(2-4-11(10)16)13(21)8-1-3-9(12(17)6-8)14(18,19)20/h1-6H. The van der Waals surface area contributed by atoms with Gasteiger partial charge < -0.3 is 0 Å². The van der Waals surface area contributed by atoms with Crippen LogP contribution < -0.4 is 0 Å². The van der Waals surface area contributed by atoms with E-state index < -0.39 is 29.2 Å². The van der Waals surface area contributed by atoms with Gasteiger partial charge in [0, 0.05) is 11.1 Å². The van der Waals surface area contributed by atoms with E-state index in [0.717, 1.165) is 24.3 Å². The van der Waals surface area contributed by atoms with E-state index in [2.05, 4.69) is 0 Å². The zero-order chi connectivity index (χ0) is 15.8.